The number of benzene rings is 1. The maximum Gasteiger partial charge on any atom is 0.0393 e. The van der Waals surface area contributed by atoms with E-state index in [-0.39, 0.29) is 0 Å². The van der Waals surface area contributed by atoms with Crippen LogP contribution < -0.4 is 10.2 Å². The Labute approximate surface area is 105 Å². The van der Waals surface area contributed by atoms with Gasteiger partial charge in [0.05, 0.1) is 0 Å². The Kier molecular flexibility index (Phi) is 4.29. The first-order valence-corrected chi connectivity index (χ1v) is 6.89. The highest BCUT2D eigenvalue weighted by molar-refractivity contribution is 5.63. The van der Waals surface area contributed by atoms with Crippen LogP contribution in [-0.4, -0.2) is 20.1 Å². The highest BCUT2D eigenvalue weighted by Gasteiger charge is 2.10. The van der Waals surface area contributed by atoms with E-state index in [2.05, 4.69) is 42.4 Å². The fraction of sp³-hybridized carbons (Fsp3) is 0.600. The summed E-state index contributed by atoms with van der Waals surface area (Å²) in [4.78, 5) is 2.37. The summed E-state index contributed by atoms with van der Waals surface area (Å²) in [6.45, 7) is 4.53. The largest absolute Gasteiger partial charge is 0.385 e. The number of hydrogen-bond donors (Lipinski definition) is 1. The maximum atomic E-state index is 3.50. The van der Waals surface area contributed by atoms with Gasteiger partial charge in [-0.05, 0) is 37.0 Å². The Morgan fingerprint density at radius 2 is 2.18 bits per heavy atom. The molecule has 1 N–H and O–H groups in total. The van der Waals surface area contributed by atoms with Gasteiger partial charge in [0.25, 0.3) is 0 Å². The van der Waals surface area contributed by atoms with Gasteiger partial charge in [-0.25, -0.2) is 0 Å². The van der Waals surface area contributed by atoms with Crippen LogP contribution in [0.1, 0.15) is 38.2 Å². The number of nitrogens with zero attached hydrogens (tertiary/aromatic N) is 1. The van der Waals surface area contributed by atoms with Gasteiger partial charge < -0.3 is 10.2 Å². The van der Waals surface area contributed by atoms with Crippen LogP contribution in [0.4, 0.5) is 11.4 Å². The van der Waals surface area contributed by atoms with Crippen LogP contribution in [0.15, 0.2) is 18.2 Å². The van der Waals surface area contributed by atoms with Crippen molar-refractivity contribution in [2.24, 2.45) is 0 Å². The summed E-state index contributed by atoms with van der Waals surface area (Å²) >= 11 is 0. The second-order valence-electron chi connectivity index (χ2n) is 5.00. The molecule has 1 aromatic carbocycles. The van der Waals surface area contributed by atoms with Crippen molar-refractivity contribution >= 4 is 11.4 Å². The molecule has 0 fully saturated rings. The number of unbranched alkanes of at least 4 members (excludes halogenated alkanes) is 2. The van der Waals surface area contributed by atoms with Crippen LogP contribution >= 0.6 is 0 Å². The number of aryl methyl sites for hydroxylation is 1. The molecule has 0 aliphatic carbocycles. The van der Waals surface area contributed by atoms with Crippen LogP contribution in [0.25, 0.3) is 0 Å². The van der Waals surface area contributed by atoms with Gasteiger partial charge in [-0.3, -0.25) is 0 Å². The quantitative estimate of drug-likeness (QED) is 0.779. The summed E-state index contributed by atoms with van der Waals surface area (Å²) in [5, 5.41) is 3.50. The second kappa shape index (κ2) is 5.95. The van der Waals surface area contributed by atoms with Crippen LogP contribution in [0, 0.1) is 0 Å². The third-order valence-corrected chi connectivity index (χ3v) is 3.57. The molecule has 2 nitrogen and oxygen atoms in total. The fourth-order valence-electron chi connectivity index (χ4n) is 2.41. The highest BCUT2D eigenvalue weighted by Crippen LogP contribution is 2.27. The lowest BCUT2D eigenvalue weighted by Crippen LogP contribution is -2.19. The zero-order chi connectivity index (χ0) is 12.1. The molecule has 0 atom stereocenters. The molecular weight excluding hydrogens is 208 g/mol. The minimum atomic E-state index is 1.12. The number of rotatable bonds is 5. The predicted molar refractivity (Wildman–Crippen MR) is 76.0 cm³/mol. The summed E-state index contributed by atoms with van der Waals surface area (Å²) in [5.74, 6) is 0. The van der Waals surface area contributed by atoms with Crippen LogP contribution in [-0.2, 0) is 6.42 Å². The van der Waals surface area contributed by atoms with Crippen molar-refractivity contribution in [3.8, 4) is 0 Å². The third kappa shape index (κ3) is 3.15. The fourth-order valence-corrected chi connectivity index (χ4v) is 2.41. The summed E-state index contributed by atoms with van der Waals surface area (Å²) < 4.78 is 0. The van der Waals surface area contributed by atoms with Gasteiger partial charge in [-0.1, -0.05) is 25.8 Å². The van der Waals surface area contributed by atoms with E-state index in [1.165, 1.54) is 49.0 Å². The van der Waals surface area contributed by atoms with Crippen molar-refractivity contribution in [3.05, 3.63) is 23.8 Å². The average molecular weight is 232 g/mol. The van der Waals surface area contributed by atoms with E-state index >= 15 is 0 Å². The summed E-state index contributed by atoms with van der Waals surface area (Å²) in [6, 6.07) is 6.85. The monoisotopic (exact) mass is 232 g/mol. The van der Waals surface area contributed by atoms with Gasteiger partial charge >= 0.3 is 0 Å². The van der Waals surface area contributed by atoms with E-state index < -0.39 is 0 Å². The van der Waals surface area contributed by atoms with Gasteiger partial charge in [0.2, 0.25) is 0 Å². The topological polar surface area (TPSA) is 15.3 Å². The molecule has 0 spiro atoms. The Morgan fingerprint density at radius 3 is 3.00 bits per heavy atom. The Morgan fingerprint density at radius 1 is 1.29 bits per heavy atom. The molecule has 2 heteroatoms. The average Bonchev–Trinajstić information content (AvgIpc) is 2.38. The minimum Gasteiger partial charge on any atom is -0.385 e. The molecule has 17 heavy (non-hydrogen) atoms. The molecule has 0 saturated heterocycles. The van der Waals surface area contributed by atoms with Crippen molar-refractivity contribution in [1.82, 2.24) is 0 Å². The Bertz CT molecular complexity index is 360. The molecule has 0 saturated carbocycles. The molecule has 1 aliphatic heterocycles. The van der Waals surface area contributed by atoms with Crippen LogP contribution in [0.2, 0.25) is 0 Å². The van der Waals surface area contributed by atoms with Gasteiger partial charge in [0.1, 0.15) is 0 Å². The number of nitrogens with one attached hydrogen (secondary N) is 1. The predicted octanol–water partition coefficient (Wildman–Crippen LogP) is 3.67. The smallest absolute Gasteiger partial charge is 0.0393 e. The molecule has 1 heterocycles. The molecule has 1 aliphatic rings. The van der Waals surface area contributed by atoms with E-state index in [4.69, 9.17) is 0 Å². The first-order valence-electron chi connectivity index (χ1n) is 6.89. The number of fused-ring (bicyclic) bond motifs is 1. The molecule has 1 aromatic rings. The molecule has 0 bridgehead atoms. The third-order valence-electron chi connectivity index (χ3n) is 3.57. The van der Waals surface area contributed by atoms with E-state index in [1.54, 1.807) is 0 Å². The van der Waals surface area contributed by atoms with Crippen molar-refractivity contribution in [2.75, 3.05) is 30.4 Å². The molecule has 0 aromatic heterocycles. The molecule has 2 rings (SSSR count). The van der Waals surface area contributed by atoms with Crippen molar-refractivity contribution in [2.45, 2.75) is 39.0 Å². The zero-order valence-electron chi connectivity index (χ0n) is 11.1. The standard InChI is InChI=1S/C15H24N2/c1-3-4-5-11-17(2)14-9-8-13-7-6-10-16-15(13)12-14/h8-9,12,16H,3-7,10-11H2,1-2H3. The summed E-state index contributed by atoms with van der Waals surface area (Å²) in [7, 11) is 2.19. The minimum absolute atomic E-state index is 1.12. The molecule has 94 valence electrons. The van der Waals surface area contributed by atoms with E-state index in [0.29, 0.717) is 0 Å². The molecule has 0 unspecified atom stereocenters. The normalized spacial score (nSPS) is 14.0. The van der Waals surface area contributed by atoms with Gasteiger partial charge in [0, 0.05) is 31.5 Å². The first-order chi connectivity index (χ1) is 8.31. The zero-order valence-corrected chi connectivity index (χ0v) is 11.1. The first kappa shape index (κ1) is 12.3. The van der Waals surface area contributed by atoms with Gasteiger partial charge in [-0.2, -0.15) is 0 Å². The number of hydrogen-bond acceptors (Lipinski definition) is 2. The second-order valence-corrected chi connectivity index (χ2v) is 5.00. The lowest BCUT2D eigenvalue weighted by Gasteiger charge is -2.23. The summed E-state index contributed by atoms with van der Waals surface area (Å²) in [6.07, 6.45) is 6.39. The lowest BCUT2D eigenvalue weighted by molar-refractivity contribution is 0.705. The number of anilines is 2. The van der Waals surface area contributed by atoms with Gasteiger partial charge in [0.15, 0.2) is 0 Å². The highest BCUT2D eigenvalue weighted by atomic mass is 15.1. The Balaban J connectivity index is 2.00. The summed E-state index contributed by atoms with van der Waals surface area (Å²) in [5.41, 5.74) is 4.16. The van der Waals surface area contributed by atoms with Crippen LogP contribution in [0.3, 0.4) is 0 Å². The van der Waals surface area contributed by atoms with E-state index in [1.807, 2.05) is 0 Å². The van der Waals surface area contributed by atoms with Crippen molar-refractivity contribution in [1.29, 1.82) is 0 Å². The van der Waals surface area contributed by atoms with E-state index in [0.717, 1.165) is 13.1 Å². The molecule has 0 amide bonds. The van der Waals surface area contributed by atoms with Gasteiger partial charge in [-0.15, -0.1) is 0 Å². The van der Waals surface area contributed by atoms with Crippen LogP contribution in [0.5, 0.6) is 0 Å². The lowest BCUT2D eigenvalue weighted by atomic mass is 10.0. The van der Waals surface area contributed by atoms with Crippen molar-refractivity contribution in [3.63, 3.8) is 0 Å². The Hall–Kier alpha value is -1.18. The molecular formula is C15H24N2. The molecule has 0 radical (unpaired) electrons. The van der Waals surface area contributed by atoms with Crippen molar-refractivity contribution < 1.29 is 0 Å². The maximum absolute atomic E-state index is 3.50. The van der Waals surface area contributed by atoms with E-state index in [9.17, 15) is 0 Å². The SMILES string of the molecule is CCCCCN(C)c1ccc2c(c1)NCCC2.